The van der Waals surface area contributed by atoms with Gasteiger partial charge in [0.15, 0.2) is 0 Å². The molecule has 66 valence electrons. The van der Waals surface area contributed by atoms with Gasteiger partial charge < -0.3 is 10.4 Å². The molecular weight excluding hydrogens is 238 g/mol. The number of hydrogen-bond donors (Lipinski definition) is 2. The Morgan fingerprint density at radius 1 is 1.58 bits per heavy atom. The molecule has 0 unspecified atom stereocenters. The summed E-state index contributed by atoms with van der Waals surface area (Å²) < 4.78 is 1.13. The first-order chi connectivity index (χ1) is 5.68. The summed E-state index contributed by atoms with van der Waals surface area (Å²) in [6, 6.07) is 4.08. The van der Waals surface area contributed by atoms with Crippen LogP contribution in [0.15, 0.2) is 15.9 Å². The second kappa shape index (κ2) is 3.10. The fourth-order valence-corrected chi connectivity index (χ4v) is 2.93. The van der Waals surface area contributed by atoms with Crippen molar-refractivity contribution in [2.75, 3.05) is 13.1 Å². The van der Waals surface area contributed by atoms with Crippen LogP contribution in [0.4, 0.5) is 0 Å². The molecule has 2 heterocycles. The van der Waals surface area contributed by atoms with E-state index in [2.05, 4.69) is 27.3 Å². The summed E-state index contributed by atoms with van der Waals surface area (Å²) in [7, 11) is 0. The van der Waals surface area contributed by atoms with Crippen molar-refractivity contribution in [3.63, 3.8) is 0 Å². The van der Waals surface area contributed by atoms with Crippen molar-refractivity contribution in [1.82, 2.24) is 5.32 Å². The second-order valence-corrected chi connectivity index (χ2v) is 5.76. The third-order valence-electron chi connectivity index (χ3n) is 2.04. The van der Waals surface area contributed by atoms with E-state index in [9.17, 15) is 5.11 Å². The lowest BCUT2D eigenvalue weighted by molar-refractivity contribution is -0.00833. The van der Waals surface area contributed by atoms with E-state index < -0.39 is 5.60 Å². The summed E-state index contributed by atoms with van der Waals surface area (Å²) in [5.74, 6) is 0. The molecule has 0 atom stereocenters. The highest BCUT2D eigenvalue weighted by Crippen LogP contribution is 2.26. The smallest absolute Gasteiger partial charge is 0.0943 e. The Morgan fingerprint density at radius 2 is 2.33 bits per heavy atom. The van der Waals surface area contributed by atoms with Gasteiger partial charge in [0, 0.05) is 24.4 Å². The quantitative estimate of drug-likeness (QED) is 0.828. The highest BCUT2D eigenvalue weighted by Gasteiger charge is 2.34. The maximum Gasteiger partial charge on any atom is 0.0943 e. The van der Waals surface area contributed by atoms with E-state index in [0.717, 1.165) is 23.3 Å². The number of thiophene rings is 1. The second-order valence-electron chi connectivity index (χ2n) is 3.21. The van der Waals surface area contributed by atoms with Gasteiger partial charge in [-0.1, -0.05) is 0 Å². The van der Waals surface area contributed by atoms with Crippen molar-refractivity contribution in [2.24, 2.45) is 0 Å². The van der Waals surface area contributed by atoms with E-state index in [1.165, 1.54) is 4.88 Å². The van der Waals surface area contributed by atoms with Crippen molar-refractivity contribution in [3.8, 4) is 0 Å². The molecular formula is C8H10BrNOS. The minimum Gasteiger partial charge on any atom is -0.387 e. The zero-order chi connectivity index (χ0) is 8.60. The van der Waals surface area contributed by atoms with Gasteiger partial charge in [-0.25, -0.2) is 0 Å². The van der Waals surface area contributed by atoms with Gasteiger partial charge in [0.25, 0.3) is 0 Å². The lowest BCUT2D eigenvalue weighted by Crippen LogP contribution is -2.60. The molecule has 0 radical (unpaired) electrons. The molecule has 12 heavy (non-hydrogen) atoms. The van der Waals surface area contributed by atoms with E-state index in [4.69, 9.17) is 0 Å². The first kappa shape index (κ1) is 8.69. The molecule has 2 rings (SSSR count). The molecule has 1 saturated heterocycles. The number of aliphatic hydroxyl groups is 1. The van der Waals surface area contributed by atoms with Crippen molar-refractivity contribution in [2.45, 2.75) is 12.0 Å². The maximum absolute atomic E-state index is 9.80. The molecule has 2 N–H and O–H groups in total. The standard InChI is InChI=1S/C8H10BrNOS/c9-7-2-1-6(12-7)3-8(11)4-10-5-8/h1-2,10-11H,3-5H2. The summed E-state index contributed by atoms with van der Waals surface area (Å²) in [6.07, 6.45) is 0.774. The molecule has 1 aliphatic rings. The van der Waals surface area contributed by atoms with E-state index in [1.54, 1.807) is 11.3 Å². The number of rotatable bonds is 2. The molecule has 0 aliphatic carbocycles. The molecule has 0 spiro atoms. The van der Waals surface area contributed by atoms with Crippen LogP contribution in [0, 0.1) is 0 Å². The lowest BCUT2D eigenvalue weighted by Gasteiger charge is -2.37. The predicted octanol–water partition coefficient (Wildman–Crippen LogP) is 1.39. The molecule has 1 aliphatic heterocycles. The van der Waals surface area contributed by atoms with Crippen LogP contribution in [0.3, 0.4) is 0 Å². The Hall–Kier alpha value is 0.1000. The van der Waals surface area contributed by atoms with Crippen LogP contribution in [0.1, 0.15) is 4.88 Å². The topological polar surface area (TPSA) is 32.3 Å². The number of halogens is 1. The van der Waals surface area contributed by atoms with Gasteiger partial charge in [0.1, 0.15) is 0 Å². The van der Waals surface area contributed by atoms with E-state index in [1.807, 2.05) is 6.07 Å². The Morgan fingerprint density at radius 3 is 2.75 bits per heavy atom. The monoisotopic (exact) mass is 247 g/mol. The van der Waals surface area contributed by atoms with Gasteiger partial charge in [-0.2, -0.15) is 0 Å². The highest BCUT2D eigenvalue weighted by molar-refractivity contribution is 9.11. The average Bonchev–Trinajstić information content (AvgIpc) is 2.32. The third-order valence-corrected chi connectivity index (χ3v) is 3.66. The molecule has 1 fully saturated rings. The Kier molecular flexibility index (Phi) is 2.25. The molecule has 1 aromatic heterocycles. The van der Waals surface area contributed by atoms with Gasteiger partial charge in [0.05, 0.1) is 9.39 Å². The largest absolute Gasteiger partial charge is 0.387 e. The number of nitrogens with one attached hydrogen (secondary N) is 1. The molecule has 1 aromatic rings. The molecule has 0 bridgehead atoms. The number of β-amino-alcohol motifs (C(OH)–C–C–N with tert-alkyl or cyclic N) is 1. The van der Waals surface area contributed by atoms with Crippen molar-refractivity contribution in [3.05, 3.63) is 20.8 Å². The minimum absolute atomic E-state index is 0.482. The fourth-order valence-electron chi connectivity index (χ4n) is 1.31. The van der Waals surface area contributed by atoms with Gasteiger partial charge >= 0.3 is 0 Å². The van der Waals surface area contributed by atoms with Crippen molar-refractivity contribution < 1.29 is 5.11 Å². The van der Waals surface area contributed by atoms with E-state index >= 15 is 0 Å². The van der Waals surface area contributed by atoms with Gasteiger partial charge in [-0.3, -0.25) is 0 Å². The first-order valence-corrected chi connectivity index (χ1v) is 5.46. The summed E-state index contributed by atoms with van der Waals surface area (Å²) >= 11 is 5.09. The zero-order valence-electron chi connectivity index (χ0n) is 6.51. The summed E-state index contributed by atoms with van der Waals surface area (Å²) in [4.78, 5) is 1.24. The van der Waals surface area contributed by atoms with Crippen LogP contribution in [0.5, 0.6) is 0 Å². The van der Waals surface area contributed by atoms with Crippen LogP contribution in [0.2, 0.25) is 0 Å². The van der Waals surface area contributed by atoms with Gasteiger partial charge in [0.2, 0.25) is 0 Å². The molecule has 4 heteroatoms. The fraction of sp³-hybridized carbons (Fsp3) is 0.500. The first-order valence-electron chi connectivity index (χ1n) is 3.85. The Bertz CT molecular complexity index is 282. The van der Waals surface area contributed by atoms with E-state index in [0.29, 0.717) is 0 Å². The molecule has 0 aromatic carbocycles. The van der Waals surface area contributed by atoms with Crippen LogP contribution >= 0.6 is 27.3 Å². The normalized spacial score (nSPS) is 20.5. The summed E-state index contributed by atoms with van der Waals surface area (Å²) in [5.41, 5.74) is -0.482. The number of hydrogen-bond acceptors (Lipinski definition) is 3. The van der Waals surface area contributed by atoms with Crippen LogP contribution in [-0.4, -0.2) is 23.8 Å². The highest BCUT2D eigenvalue weighted by atomic mass is 79.9. The van der Waals surface area contributed by atoms with Crippen LogP contribution in [-0.2, 0) is 6.42 Å². The molecule has 0 amide bonds. The molecule has 0 saturated carbocycles. The summed E-state index contributed by atoms with van der Waals surface area (Å²) in [6.45, 7) is 1.45. The van der Waals surface area contributed by atoms with Crippen LogP contribution < -0.4 is 5.32 Å². The molecule has 2 nitrogen and oxygen atoms in total. The Labute approximate surface area is 83.7 Å². The lowest BCUT2D eigenvalue weighted by atomic mass is 9.92. The van der Waals surface area contributed by atoms with Crippen molar-refractivity contribution >= 4 is 27.3 Å². The van der Waals surface area contributed by atoms with Crippen LogP contribution in [0.25, 0.3) is 0 Å². The SMILES string of the molecule is OC1(Cc2ccc(Br)s2)CNC1. The zero-order valence-corrected chi connectivity index (χ0v) is 8.91. The van der Waals surface area contributed by atoms with Crippen molar-refractivity contribution in [1.29, 1.82) is 0 Å². The maximum atomic E-state index is 9.80. The average molecular weight is 248 g/mol. The predicted molar refractivity (Wildman–Crippen MR) is 53.5 cm³/mol. The van der Waals surface area contributed by atoms with Gasteiger partial charge in [-0.15, -0.1) is 11.3 Å². The van der Waals surface area contributed by atoms with Gasteiger partial charge in [-0.05, 0) is 28.1 Å². The van der Waals surface area contributed by atoms with E-state index in [-0.39, 0.29) is 0 Å². The Balaban J connectivity index is 2.03. The minimum atomic E-state index is -0.482. The summed E-state index contributed by atoms with van der Waals surface area (Å²) in [5, 5.41) is 12.9. The third kappa shape index (κ3) is 1.71.